The van der Waals surface area contributed by atoms with Gasteiger partial charge in [-0.3, -0.25) is 19.2 Å². The predicted molar refractivity (Wildman–Crippen MR) is 95.8 cm³/mol. The molecule has 4 rings (SSSR count). The SMILES string of the molecule is CN1CC(=O)N(c2cnn(C)c2)CC12CCN(C(=O)c1cccs1)C2. The van der Waals surface area contributed by atoms with Crippen molar-refractivity contribution in [3.8, 4) is 0 Å². The fraction of sp³-hybridized carbons (Fsp3) is 0.471. The van der Waals surface area contributed by atoms with Crippen LogP contribution in [0.3, 0.4) is 0 Å². The number of rotatable bonds is 2. The highest BCUT2D eigenvalue weighted by molar-refractivity contribution is 7.12. The normalized spacial score (nSPS) is 24.5. The van der Waals surface area contributed by atoms with Crippen LogP contribution in [-0.4, -0.2) is 70.2 Å². The van der Waals surface area contributed by atoms with E-state index in [1.165, 1.54) is 11.3 Å². The first-order chi connectivity index (χ1) is 12.0. The third-order valence-electron chi connectivity index (χ3n) is 5.29. The lowest BCUT2D eigenvalue weighted by molar-refractivity contribution is -0.123. The molecule has 2 amide bonds. The maximum Gasteiger partial charge on any atom is 0.263 e. The zero-order valence-electron chi connectivity index (χ0n) is 14.4. The van der Waals surface area contributed by atoms with Crippen LogP contribution >= 0.6 is 11.3 Å². The Morgan fingerprint density at radius 3 is 2.84 bits per heavy atom. The number of aryl methyl sites for hydroxylation is 1. The second-order valence-corrected chi connectivity index (χ2v) is 7.83. The van der Waals surface area contributed by atoms with E-state index in [1.807, 2.05) is 47.6 Å². The van der Waals surface area contributed by atoms with Gasteiger partial charge in [0.1, 0.15) is 0 Å². The standard InChI is InChI=1S/C17H21N5O2S/c1-19-10-15(23)22(13-8-18-20(2)9-13)12-17(19)5-6-21(11-17)16(24)14-4-3-7-25-14/h3-4,7-9H,5-6,10-12H2,1-2H3. The zero-order valence-corrected chi connectivity index (χ0v) is 15.2. The lowest BCUT2D eigenvalue weighted by Gasteiger charge is -2.46. The summed E-state index contributed by atoms with van der Waals surface area (Å²) < 4.78 is 1.70. The van der Waals surface area contributed by atoms with Crippen LogP contribution in [0.25, 0.3) is 0 Å². The first-order valence-electron chi connectivity index (χ1n) is 8.32. The molecule has 0 bridgehead atoms. The molecule has 0 saturated carbocycles. The maximum atomic E-state index is 12.7. The van der Waals surface area contributed by atoms with Crippen molar-refractivity contribution in [2.24, 2.45) is 7.05 Å². The van der Waals surface area contributed by atoms with Gasteiger partial charge in [-0.05, 0) is 24.9 Å². The minimum absolute atomic E-state index is 0.0733. The molecule has 2 saturated heterocycles. The molecule has 0 aliphatic carbocycles. The second kappa shape index (κ2) is 5.96. The summed E-state index contributed by atoms with van der Waals surface area (Å²) in [5.41, 5.74) is 0.624. The minimum atomic E-state index is -0.198. The summed E-state index contributed by atoms with van der Waals surface area (Å²) >= 11 is 1.47. The Hall–Kier alpha value is -2.19. The van der Waals surface area contributed by atoms with Crippen LogP contribution in [0.5, 0.6) is 0 Å². The van der Waals surface area contributed by atoms with E-state index in [9.17, 15) is 9.59 Å². The summed E-state index contributed by atoms with van der Waals surface area (Å²) in [7, 11) is 3.83. The molecule has 1 unspecified atom stereocenters. The minimum Gasteiger partial charge on any atom is -0.336 e. The topological polar surface area (TPSA) is 61.7 Å². The number of carbonyl (C=O) groups is 2. The number of likely N-dealkylation sites (N-methyl/N-ethyl adjacent to an activating group) is 1. The van der Waals surface area contributed by atoms with E-state index < -0.39 is 0 Å². The van der Waals surface area contributed by atoms with Crippen molar-refractivity contribution < 1.29 is 9.59 Å². The van der Waals surface area contributed by atoms with Crippen molar-refractivity contribution in [1.82, 2.24) is 19.6 Å². The summed E-state index contributed by atoms with van der Waals surface area (Å²) in [6.45, 7) is 2.30. The number of hydrogen-bond donors (Lipinski definition) is 0. The van der Waals surface area contributed by atoms with Crippen LogP contribution in [0.15, 0.2) is 29.9 Å². The molecular weight excluding hydrogens is 338 g/mol. The zero-order chi connectivity index (χ0) is 17.6. The van der Waals surface area contributed by atoms with E-state index >= 15 is 0 Å². The van der Waals surface area contributed by atoms with Gasteiger partial charge < -0.3 is 9.80 Å². The molecule has 2 fully saturated rings. The molecule has 7 nitrogen and oxygen atoms in total. The number of thiophene rings is 1. The fourth-order valence-corrected chi connectivity index (χ4v) is 4.46. The highest BCUT2D eigenvalue weighted by Gasteiger charge is 2.49. The summed E-state index contributed by atoms with van der Waals surface area (Å²) in [6.07, 6.45) is 4.45. The number of anilines is 1. The predicted octanol–water partition coefficient (Wildman–Crippen LogP) is 1.04. The van der Waals surface area contributed by atoms with Crippen LogP contribution in [0.2, 0.25) is 0 Å². The molecule has 132 valence electrons. The quantitative estimate of drug-likeness (QED) is 0.804. The van der Waals surface area contributed by atoms with Gasteiger partial charge in [0.15, 0.2) is 0 Å². The lowest BCUT2D eigenvalue weighted by Crippen LogP contribution is -2.64. The van der Waals surface area contributed by atoms with Gasteiger partial charge >= 0.3 is 0 Å². The van der Waals surface area contributed by atoms with Gasteiger partial charge in [-0.1, -0.05) is 6.07 Å². The van der Waals surface area contributed by atoms with E-state index in [-0.39, 0.29) is 17.4 Å². The van der Waals surface area contributed by atoms with Gasteiger partial charge in [0.2, 0.25) is 5.91 Å². The molecule has 0 radical (unpaired) electrons. The van der Waals surface area contributed by atoms with Gasteiger partial charge in [-0.15, -0.1) is 11.3 Å². The summed E-state index contributed by atoms with van der Waals surface area (Å²) in [5, 5.41) is 6.11. The average Bonchev–Trinajstić information content (AvgIpc) is 3.32. The highest BCUT2D eigenvalue weighted by atomic mass is 32.1. The first kappa shape index (κ1) is 16.3. The Bertz CT molecular complexity index is 802. The van der Waals surface area contributed by atoms with Gasteiger partial charge in [0, 0.05) is 32.9 Å². The van der Waals surface area contributed by atoms with Crippen LogP contribution in [0.4, 0.5) is 5.69 Å². The molecule has 0 N–H and O–H groups in total. The number of aromatic nitrogens is 2. The van der Waals surface area contributed by atoms with Gasteiger partial charge in [0.05, 0.1) is 28.8 Å². The van der Waals surface area contributed by atoms with E-state index in [1.54, 1.807) is 10.9 Å². The van der Waals surface area contributed by atoms with Crippen molar-refractivity contribution in [2.45, 2.75) is 12.0 Å². The molecular formula is C17H21N5O2S. The van der Waals surface area contributed by atoms with Crippen molar-refractivity contribution >= 4 is 28.8 Å². The molecule has 1 spiro atoms. The van der Waals surface area contributed by atoms with E-state index in [2.05, 4.69) is 10.00 Å². The van der Waals surface area contributed by atoms with Crippen LogP contribution in [0.1, 0.15) is 16.1 Å². The monoisotopic (exact) mass is 359 g/mol. The van der Waals surface area contributed by atoms with Crippen molar-refractivity contribution in [3.05, 3.63) is 34.8 Å². The van der Waals surface area contributed by atoms with E-state index in [0.717, 1.165) is 23.5 Å². The Morgan fingerprint density at radius 1 is 1.32 bits per heavy atom. The molecule has 8 heteroatoms. The number of amides is 2. The Kier molecular flexibility index (Phi) is 3.88. The van der Waals surface area contributed by atoms with Crippen LogP contribution < -0.4 is 4.90 Å². The molecule has 25 heavy (non-hydrogen) atoms. The largest absolute Gasteiger partial charge is 0.336 e. The van der Waals surface area contributed by atoms with Crippen LogP contribution in [-0.2, 0) is 11.8 Å². The Labute approximate surface area is 150 Å². The number of carbonyl (C=O) groups excluding carboxylic acids is 2. The van der Waals surface area contributed by atoms with E-state index in [0.29, 0.717) is 19.6 Å². The molecule has 4 heterocycles. The summed E-state index contributed by atoms with van der Waals surface area (Å²) in [4.78, 5) is 31.8. The first-order valence-corrected chi connectivity index (χ1v) is 9.19. The van der Waals surface area contributed by atoms with Crippen LogP contribution in [0, 0.1) is 0 Å². The van der Waals surface area contributed by atoms with E-state index in [4.69, 9.17) is 0 Å². The van der Waals surface area contributed by atoms with Gasteiger partial charge in [0.25, 0.3) is 5.91 Å². The summed E-state index contributed by atoms with van der Waals surface area (Å²) in [6, 6.07) is 3.77. The second-order valence-electron chi connectivity index (χ2n) is 6.89. The molecule has 2 aromatic rings. The number of hydrogen-bond acceptors (Lipinski definition) is 5. The number of likely N-dealkylation sites (tertiary alicyclic amines) is 1. The van der Waals surface area contributed by atoms with Crippen molar-refractivity contribution in [1.29, 1.82) is 0 Å². The third kappa shape index (κ3) is 2.75. The molecule has 2 aromatic heterocycles. The van der Waals surface area contributed by atoms with Gasteiger partial charge in [-0.25, -0.2) is 0 Å². The Morgan fingerprint density at radius 2 is 2.16 bits per heavy atom. The van der Waals surface area contributed by atoms with Crippen molar-refractivity contribution in [2.75, 3.05) is 38.1 Å². The fourth-order valence-electron chi connectivity index (χ4n) is 3.77. The van der Waals surface area contributed by atoms with Crippen molar-refractivity contribution in [3.63, 3.8) is 0 Å². The average molecular weight is 359 g/mol. The molecule has 2 aliphatic rings. The highest BCUT2D eigenvalue weighted by Crippen LogP contribution is 2.34. The smallest absolute Gasteiger partial charge is 0.263 e. The lowest BCUT2D eigenvalue weighted by atomic mass is 9.93. The third-order valence-corrected chi connectivity index (χ3v) is 6.15. The molecule has 0 aromatic carbocycles. The number of piperazine rings is 1. The Balaban J connectivity index is 1.56. The number of nitrogens with zero attached hydrogens (tertiary/aromatic N) is 5. The van der Waals surface area contributed by atoms with Gasteiger partial charge in [-0.2, -0.15) is 5.10 Å². The maximum absolute atomic E-state index is 12.7. The molecule has 1 atom stereocenters. The summed E-state index contributed by atoms with van der Waals surface area (Å²) in [5.74, 6) is 0.161. The molecule has 2 aliphatic heterocycles.